The fourth-order valence-electron chi connectivity index (χ4n) is 1.96. The molecule has 1 unspecified atom stereocenters. The maximum Gasteiger partial charge on any atom is 0.135 e. The van der Waals surface area contributed by atoms with Crippen LogP contribution in [-0.4, -0.2) is 7.11 Å². The molecule has 102 valence electrons. The van der Waals surface area contributed by atoms with Crippen LogP contribution >= 0.6 is 15.9 Å². The molecule has 2 rings (SSSR count). The Morgan fingerprint density at radius 3 is 2.75 bits per heavy atom. The van der Waals surface area contributed by atoms with Crippen LogP contribution in [0.3, 0.4) is 0 Å². The van der Waals surface area contributed by atoms with E-state index in [0.29, 0.717) is 5.56 Å². The van der Waals surface area contributed by atoms with Crippen LogP contribution in [-0.2, 0) is 0 Å². The number of rotatable bonds is 4. The van der Waals surface area contributed by atoms with Gasteiger partial charge in [-0.25, -0.2) is 0 Å². The minimum atomic E-state index is 0.106. The molecule has 0 aliphatic carbocycles. The van der Waals surface area contributed by atoms with Gasteiger partial charge in [-0.3, -0.25) is 0 Å². The molecular weight excluding hydrogens is 316 g/mol. The SMILES string of the molecule is COc1cc(NC(C)c2cccc(C#N)c2)ccc1Br. The molecule has 1 N–H and O–H groups in total. The number of ether oxygens (including phenoxy) is 1. The maximum absolute atomic E-state index is 8.94. The van der Waals surface area contributed by atoms with E-state index in [9.17, 15) is 0 Å². The number of halogens is 1. The summed E-state index contributed by atoms with van der Waals surface area (Å²) in [4.78, 5) is 0. The number of benzene rings is 2. The minimum absolute atomic E-state index is 0.106. The van der Waals surface area contributed by atoms with Crippen LogP contribution in [0.1, 0.15) is 24.1 Å². The second-order valence-corrected chi connectivity index (χ2v) is 5.31. The van der Waals surface area contributed by atoms with Gasteiger partial charge in [0.1, 0.15) is 5.75 Å². The molecule has 0 aromatic heterocycles. The molecule has 0 heterocycles. The van der Waals surface area contributed by atoms with Crippen molar-refractivity contribution in [1.29, 1.82) is 5.26 Å². The Balaban J connectivity index is 2.19. The summed E-state index contributed by atoms with van der Waals surface area (Å²) in [6, 6.07) is 15.7. The molecule has 2 aromatic carbocycles. The van der Waals surface area contributed by atoms with Crippen molar-refractivity contribution in [2.45, 2.75) is 13.0 Å². The molecule has 0 aliphatic heterocycles. The number of anilines is 1. The van der Waals surface area contributed by atoms with Gasteiger partial charge in [0.15, 0.2) is 0 Å². The molecule has 3 nitrogen and oxygen atoms in total. The Bertz CT molecular complexity index is 649. The van der Waals surface area contributed by atoms with E-state index in [4.69, 9.17) is 10.00 Å². The summed E-state index contributed by atoms with van der Waals surface area (Å²) >= 11 is 3.43. The van der Waals surface area contributed by atoms with Crippen LogP contribution < -0.4 is 10.1 Å². The van der Waals surface area contributed by atoms with Gasteiger partial charge in [-0.2, -0.15) is 5.26 Å². The maximum atomic E-state index is 8.94. The summed E-state index contributed by atoms with van der Waals surface area (Å²) in [5.74, 6) is 0.785. The third-order valence-corrected chi connectivity index (χ3v) is 3.71. The van der Waals surface area contributed by atoms with E-state index in [1.807, 2.05) is 36.4 Å². The highest BCUT2D eigenvalue weighted by molar-refractivity contribution is 9.10. The molecule has 0 spiro atoms. The first-order chi connectivity index (χ1) is 9.63. The topological polar surface area (TPSA) is 45.0 Å². The average molecular weight is 331 g/mol. The second kappa shape index (κ2) is 6.44. The van der Waals surface area contributed by atoms with Gasteiger partial charge in [0, 0.05) is 17.8 Å². The summed E-state index contributed by atoms with van der Waals surface area (Å²) < 4.78 is 6.20. The molecule has 0 aliphatic rings. The monoisotopic (exact) mass is 330 g/mol. The zero-order chi connectivity index (χ0) is 14.5. The van der Waals surface area contributed by atoms with Crippen LogP contribution in [0.15, 0.2) is 46.9 Å². The molecule has 0 saturated heterocycles. The van der Waals surface area contributed by atoms with Gasteiger partial charge in [0.25, 0.3) is 0 Å². The van der Waals surface area contributed by atoms with E-state index in [2.05, 4.69) is 34.2 Å². The first kappa shape index (κ1) is 14.4. The molecule has 2 aromatic rings. The van der Waals surface area contributed by atoms with Crippen LogP contribution in [0.2, 0.25) is 0 Å². The van der Waals surface area contributed by atoms with Crippen LogP contribution in [0.4, 0.5) is 5.69 Å². The molecule has 1 atom stereocenters. The second-order valence-electron chi connectivity index (χ2n) is 4.45. The molecule has 0 fully saturated rings. The quantitative estimate of drug-likeness (QED) is 0.897. The number of nitrogens with zero attached hydrogens (tertiary/aromatic N) is 1. The van der Waals surface area contributed by atoms with Gasteiger partial charge in [-0.15, -0.1) is 0 Å². The van der Waals surface area contributed by atoms with E-state index in [0.717, 1.165) is 21.5 Å². The largest absolute Gasteiger partial charge is 0.495 e. The minimum Gasteiger partial charge on any atom is -0.495 e. The number of methoxy groups -OCH3 is 1. The molecule has 0 saturated carbocycles. The predicted octanol–water partition coefficient (Wildman–Crippen LogP) is 4.50. The summed E-state index contributed by atoms with van der Waals surface area (Å²) in [5.41, 5.74) is 2.72. The Labute approximate surface area is 127 Å². The molecule has 0 amide bonds. The molecule has 0 radical (unpaired) electrons. The smallest absolute Gasteiger partial charge is 0.135 e. The van der Waals surface area contributed by atoms with E-state index in [-0.39, 0.29) is 6.04 Å². The number of hydrogen-bond acceptors (Lipinski definition) is 3. The summed E-state index contributed by atoms with van der Waals surface area (Å²) in [6.07, 6.45) is 0. The van der Waals surface area contributed by atoms with Crippen molar-refractivity contribution in [2.24, 2.45) is 0 Å². The Morgan fingerprint density at radius 2 is 2.05 bits per heavy atom. The van der Waals surface area contributed by atoms with Gasteiger partial charge in [-0.05, 0) is 52.7 Å². The van der Waals surface area contributed by atoms with Crippen molar-refractivity contribution >= 4 is 21.6 Å². The molecule has 0 bridgehead atoms. The van der Waals surface area contributed by atoms with Crippen molar-refractivity contribution in [1.82, 2.24) is 0 Å². The number of hydrogen-bond donors (Lipinski definition) is 1. The fraction of sp³-hybridized carbons (Fsp3) is 0.188. The highest BCUT2D eigenvalue weighted by Gasteiger charge is 2.08. The summed E-state index contributed by atoms with van der Waals surface area (Å²) in [7, 11) is 1.64. The Morgan fingerprint density at radius 1 is 1.25 bits per heavy atom. The summed E-state index contributed by atoms with van der Waals surface area (Å²) in [6.45, 7) is 2.06. The fourth-order valence-corrected chi connectivity index (χ4v) is 2.37. The zero-order valence-corrected chi connectivity index (χ0v) is 12.9. The lowest BCUT2D eigenvalue weighted by atomic mass is 10.1. The Kier molecular flexibility index (Phi) is 4.65. The Hall–Kier alpha value is -1.99. The van der Waals surface area contributed by atoms with Gasteiger partial charge in [0.2, 0.25) is 0 Å². The van der Waals surface area contributed by atoms with Crippen molar-refractivity contribution < 1.29 is 4.74 Å². The standard InChI is InChI=1S/C16H15BrN2O/c1-11(13-5-3-4-12(8-13)10-18)19-14-6-7-15(17)16(9-14)20-2/h3-9,11,19H,1-2H3. The van der Waals surface area contributed by atoms with E-state index >= 15 is 0 Å². The summed E-state index contributed by atoms with van der Waals surface area (Å²) in [5, 5.41) is 12.3. The zero-order valence-electron chi connectivity index (χ0n) is 11.4. The van der Waals surface area contributed by atoms with Crippen molar-refractivity contribution in [3.63, 3.8) is 0 Å². The number of nitriles is 1. The van der Waals surface area contributed by atoms with E-state index in [1.54, 1.807) is 13.2 Å². The predicted molar refractivity (Wildman–Crippen MR) is 83.9 cm³/mol. The first-order valence-corrected chi connectivity index (χ1v) is 7.03. The van der Waals surface area contributed by atoms with Crippen molar-refractivity contribution in [2.75, 3.05) is 12.4 Å². The lowest BCUT2D eigenvalue weighted by Crippen LogP contribution is -2.06. The lowest BCUT2D eigenvalue weighted by Gasteiger charge is -2.17. The van der Waals surface area contributed by atoms with Crippen LogP contribution in [0, 0.1) is 11.3 Å². The van der Waals surface area contributed by atoms with Gasteiger partial charge < -0.3 is 10.1 Å². The third-order valence-electron chi connectivity index (χ3n) is 3.05. The van der Waals surface area contributed by atoms with Crippen molar-refractivity contribution in [3.8, 4) is 11.8 Å². The van der Waals surface area contributed by atoms with Crippen LogP contribution in [0.5, 0.6) is 5.75 Å². The van der Waals surface area contributed by atoms with Crippen molar-refractivity contribution in [3.05, 3.63) is 58.1 Å². The highest BCUT2D eigenvalue weighted by atomic mass is 79.9. The lowest BCUT2D eigenvalue weighted by molar-refractivity contribution is 0.412. The average Bonchev–Trinajstić information content (AvgIpc) is 2.49. The molecule has 20 heavy (non-hydrogen) atoms. The molecule has 4 heteroatoms. The van der Waals surface area contributed by atoms with Gasteiger partial charge in [-0.1, -0.05) is 12.1 Å². The highest BCUT2D eigenvalue weighted by Crippen LogP contribution is 2.29. The number of nitrogens with one attached hydrogen (secondary N) is 1. The molecular formula is C16H15BrN2O. The normalized spacial score (nSPS) is 11.5. The third kappa shape index (κ3) is 3.31. The van der Waals surface area contributed by atoms with Gasteiger partial charge >= 0.3 is 0 Å². The first-order valence-electron chi connectivity index (χ1n) is 6.24. The van der Waals surface area contributed by atoms with E-state index in [1.165, 1.54) is 0 Å². The van der Waals surface area contributed by atoms with Gasteiger partial charge in [0.05, 0.1) is 23.2 Å². The van der Waals surface area contributed by atoms with E-state index < -0.39 is 0 Å². The van der Waals surface area contributed by atoms with Crippen LogP contribution in [0.25, 0.3) is 0 Å².